The third-order valence-corrected chi connectivity index (χ3v) is 16.9. The van der Waals surface area contributed by atoms with E-state index in [1.165, 1.54) is 32.1 Å². The van der Waals surface area contributed by atoms with Crippen LogP contribution < -0.4 is 0 Å². The molecule has 7 aliphatic rings. The van der Waals surface area contributed by atoms with E-state index in [1.54, 1.807) is 24.3 Å². The molecular weight excluding hydrogens is 558 g/mol. The average molecular weight is 610 g/mol. The molecule has 0 amide bonds. The molecule has 1 aromatic carbocycles. The van der Waals surface area contributed by atoms with E-state index in [-0.39, 0.29) is 39.8 Å². The summed E-state index contributed by atoms with van der Waals surface area (Å²) in [7, 11) is -3.97. The van der Waals surface area contributed by atoms with Crippen LogP contribution in [0.15, 0.2) is 35.2 Å². The molecule has 0 aromatic heterocycles. The Balaban J connectivity index is 1.31. The Hall–Kier alpha value is -1.28. The topological polar surface area (TPSA) is 72.9 Å². The van der Waals surface area contributed by atoms with E-state index in [0.29, 0.717) is 36.1 Å². The number of piperidine rings is 2. The van der Waals surface area contributed by atoms with Crippen molar-refractivity contribution in [3.8, 4) is 0 Å². The third-order valence-electron chi connectivity index (χ3n) is 14.8. The van der Waals surface area contributed by atoms with Crippen molar-refractivity contribution >= 4 is 15.6 Å². The van der Waals surface area contributed by atoms with Gasteiger partial charge in [0.15, 0.2) is 21.4 Å². The highest BCUT2D eigenvalue weighted by molar-refractivity contribution is 7.92. The Morgan fingerprint density at radius 2 is 1.77 bits per heavy atom. The Labute approximate surface area is 258 Å². The molecule has 2 unspecified atom stereocenters. The van der Waals surface area contributed by atoms with Crippen molar-refractivity contribution in [2.45, 2.75) is 132 Å². The second-order valence-electron chi connectivity index (χ2n) is 16.7. The fourth-order valence-electron chi connectivity index (χ4n) is 12.7. The van der Waals surface area contributed by atoms with Crippen LogP contribution in [-0.4, -0.2) is 61.0 Å². The number of rotatable bonds is 7. The number of hydrogen-bond acceptors (Lipinski definition) is 6. The summed E-state index contributed by atoms with van der Waals surface area (Å²) in [6.07, 6.45) is 10.0. The Kier molecular flexibility index (Phi) is 6.21. The van der Waals surface area contributed by atoms with Gasteiger partial charge in [0.05, 0.1) is 23.0 Å². The molecule has 7 heteroatoms. The van der Waals surface area contributed by atoms with E-state index in [2.05, 4.69) is 25.7 Å². The van der Waals surface area contributed by atoms with Crippen molar-refractivity contribution in [2.24, 2.45) is 39.9 Å². The van der Waals surface area contributed by atoms with Crippen LogP contribution in [0.4, 0.5) is 0 Å². The predicted molar refractivity (Wildman–Crippen MR) is 165 cm³/mol. The van der Waals surface area contributed by atoms with Gasteiger partial charge in [-0.05, 0) is 112 Å². The molecule has 7 bridgehead atoms. The standard InChI is InChI=1S/C36H51NO5S/c1-23(2)26-14-17-33(4)24-13-19-35-16-9-12-28(35)36(33,30(26)37(35)21-24)20-27(43(39,40)25-10-7-6-8-11-25)31(38)32(3)22-41-34(5)18-15-29(32)42-34/h6-8,10-11,23-24,26-30H,9,12-22H2,1-5H3/t24-,26+,27?,28+,29-,30-,32+,33-,34+,35+,36-/m0/s1. The number of nitrogens with zero attached hydrogens (tertiary/aromatic N) is 1. The first-order valence-electron chi connectivity index (χ1n) is 17.2. The average Bonchev–Trinajstić information content (AvgIpc) is 3.60. The molecule has 1 spiro atoms. The van der Waals surface area contributed by atoms with Crippen LogP contribution >= 0.6 is 0 Å². The second-order valence-corrected chi connectivity index (χ2v) is 18.8. The summed E-state index contributed by atoms with van der Waals surface area (Å²) in [5.74, 6) is 1.22. The lowest BCUT2D eigenvalue weighted by Crippen LogP contribution is -2.69. The number of ketones is 1. The van der Waals surface area contributed by atoms with Gasteiger partial charge in [0.25, 0.3) is 0 Å². The SMILES string of the molecule is CC(C)[C@H]1CC[C@@]2(C)[C@H]3CC[C@]45CCC[C@H]4[C@@]2(CC(C(=O)[C@]2(C)CO[C@@]4(C)CC[C@@H]2O4)S(=O)(=O)c2ccccc2)[C@H]1N5C3. The smallest absolute Gasteiger partial charge is 0.188 e. The molecule has 5 aliphatic heterocycles. The molecule has 2 saturated carbocycles. The predicted octanol–water partition coefficient (Wildman–Crippen LogP) is 6.43. The fraction of sp³-hybridized carbons (Fsp3) is 0.806. The largest absolute Gasteiger partial charge is 0.349 e. The number of fused-ring (bicyclic) bond motifs is 4. The van der Waals surface area contributed by atoms with Crippen LogP contribution in [0.3, 0.4) is 0 Å². The minimum atomic E-state index is -3.97. The molecule has 2 aliphatic carbocycles. The summed E-state index contributed by atoms with van der Waals surface area (Å²) in [4.78, 5) is 18.4. The monoisotopic (exact) mass is 609 g/mol. The van der Waals surface area contributed by atoms with Crippen LogP contribution in [0.25, 0.3) is 0 Å². The van der Waals surface area contributed by atoms with Crippen LogP contribution in [0.5, 0.6) is 0 Å². The number of carbonyl (C=O) groups excluding carboxylic acids is 1. The van der Waals surface area contributed by atoms with Crippen molar-refractivity contribution in [3.63, 3.8) is 0 Å². The van der Waals surface area contributed by atoms with Crippen LogP contribution in [0, 0.1) is 39.9 Å². The van der Waals surface area contributed by atoms with Crippen LogP contribution in [-0.2, 0) is 24.1 Å². The van der Waals surface area contributed by atoms with Gasteiger partial charge in [-0.3, -0.25) is 9.69 Å². The van der Waals surface area contributed by atoms with Crippen LogP contribution in [0.1, 0.15) is 98.8 Å². The molecule has 5 saturated heterocycles. The van der Waals surface area contributed by atoms with Gasteiger partial charge in [-0.1, -0.05) is 45.4 Å². The third kappa shape index (κ3) is 3.52. The number of benzene rings is 1. The summed E-state index contributed by atoms with van der Waals surface area (Å²) in [5.41, 5.74) is -0.986. The first-order chi connectivity index (χ1) is 20.3. The molecule has 12 atom stereocenters. The number of Topliss-reactive ketones (excluding diaryl/α,β-unsaturated/α-hetero) is 1. The highest BCUT2D eigenvalue weighted by Gasteiger charge is 2.80. The van der Waals surface area contributed by atoms with E-state index < -0.39 is 26.3 Å². The molecule has 8 rings (SSSR count). The number of ether oxygens (including phenoxy) is 2. The van der Waals surface area contributed by atoms with Crippen molar-refractivity contribution in [3.05, 3.63) is 30.3 Å². The van der Waals surface area contributed by atoms with Crippen molar-refractivity contribution in [2.75, 3.05) is 13.2 Å². The van der Waals surface area contributed by atoms with E-state index in [1.807, 2.05) is 19.9 Å². The van der Waals surface area contributed by atoms with Crippen molar-refractivity contribution in [1.82, 2.24) is 4.90 Å². The summed E-state index contributed by atoms with van der Waals surface area (Å²) in [5, 5.41) is -1.11. The van der Waals surface area contributed by atoms with E-state index in [4.69, 9.17) is 9.47 Å². The number of carbonyl (C=O) groups is 1. The van der Waals surface area contributed by atoms with Gasteiger partial charge < -0.3 is 9.47 Å². The zero-order valence-electron chi connectivity index (χ0n) is 26.8. The summed E-state index contributed by atoms with van der Waals surface area (Å²) in [6.45, 7) is 12.5. The Morgan fingerprint density at radius 1 is 1.00 bits per heavy atom. The summed E-state index contributed by atoms with van der Waals surface area (Å²) >= 11 is 0. The zero-order valence-corrected chi connectivity index (χ0v) is 27.6. The van der Waals surface area contributed by atoms with E-state index in [0.717, 1.165) is 32.2 Å². The van der Waals surface area contributed by atoms with Crippen LogP contribution in [0.2, 0.25) is 0 Å². The molecule has 6 nitrogen and oxygen atoms in total. The maximum Gasteiger partial charge on any atom is 0.188 e. The van der Waals surface area contributed by atoms with Gasteiger partial charge in [-0.15, -0.1) is 0 Å². The highest BCUT2D eigenvalue weighted by Crippen LogP contribution is 2.79. The second kappa shape index (κ2) is 9.17. The first-order valence-corrected chi connectivity index (χ1v) is 18.8. The van der Waals surface area contributed by atoms with Gasteiger partial charge in [0, 0.05) is 24.5 Å². The first kappa shape index (κ1) is 29.1. The zero-order chi connectivity index (χ0) is 30.2. The lowest BCUT2D eigenvalue weighted by atomic mass is 9.42. The molecule has 0 N–H and O–H groups in total. The molecule has 0 radical (unpaired) electrons. The Morgan fingerprint density at radius 3 is 2.51 bits per heavy atom. The molecule has 236 valence electrons. The maximum absolute atomic E-state index is 15.2. The quantitative estimate of drug-likeness (QED) is 0.355. The molecule has 43 heavy (non-hydrogen) atoms. The molecule has 5 heterocycles. The maximum atomic E-state index is 15.2. The van der Waals surface area contributed by atoms with Gasteiger partial charge in [-0.2, -0.15) is 0 Å². The van der Waals surface area contributed by atoms with E-state index in [9.17, 15) is 8.42 Å². The highest BCUT2D eigenvalue weighted by atomic mass is 32.2. The van der Waals surface area contributed by atoms with Crippen molar-refractivity contribution < 1.29 is 22.7 Å². The minimum absolute atomic E-state index is 0.0317. The van der Waals surface area contributed by atoms with Gasteiger partial charge in [-0.25, -0.2) is 8.42 Å². The molecule has 7 fully saturated rings. The number of hydrogen-bond donors (Lipinski definition) is 0. The lowest BCUT2D eigenvalue weighted by molar-refractivity contribution is -0.282. The summed E-state index contributed by atoms with van der Waals surface area (Å²) < 4.78 is 42.5. The Bertz CT molecular complexity index is 1430. The lowest BCUT2D eigenvalue weighted by Gasteiger charge is -2.67. The normalized spacial score (nSPS) is 50.2. The van der Waals surface area contributed by atoms with Gasteiger partial charge >= 0.3 is 0 Å². The minimum Gasteiger partial charge on any atom is -0.349 e. The van der Waals surface area contributed by atoms with Gasteiger partial charge in [0.2, 0.25) is 0 Å². The van der Waals surface area contributed by atoms with Gasteiger partial charge in [0.1, 0.15) is 5.25 Å². The molecular formula is C36H51NO5S. The van der Waals surface area contributed by atoms with E-state index >= 15 is 4.79 Å². The summed E-state index contributed by atoms with van der Waals surface area (Å²) in [6, 6.07) is 9.16. The van der Waals surface area contributed by atoms with Crippen molar-refractivity contribution in [1.29, 1.82) is 0 Å². The number of sulfone groups is 1. The molecule has 1 aromatic rings. The fourth-order valence-corrected chi connectivity index (χ4v) is 14.6.